The second-order valence-electron chi connectivity index (χ2n) is 9.32. The van der Waals surface area contributed by atoms with Crippen molar-refractivity contribution in [3.05, 3.63) is 66.0 Å². The van der Waals surface area contributed by atoms with Gasteiger partial charge in [0.15, 0.2) is 6.23 Å². The van der Waals surface area contributed by atoms with Crippen molar-refractivity contribution in [2.45, 2.75) is 39.0 Å². The number of allylic oxidation sites excluding steroid dienone is 1. The van der Waals surface area contributed by atoms with Gasteiger partial charge in [0.25, 0.3) is 0 Å². The molecule has 1 atom stereocenters. The molecule has 6 nitrogen and oxygen atoms in total. The average molecular weight is 431 g/mol. The van der Waals surface area contributed by atoms with Crippen LogP contribution in [0.2, 0.25) is 0 Å². The molecule has 2 aromatic heterocycles. The highest BCUT2D eigenvalue weighted by molar-refractivity contribution is 6.09. The molecule has 6 heteroatoms. The molecule has 1 saturated heterocycles. The van der Waals surface area contributed by atoms with E-state index in [0.29, 0.717) is 0 Å². The van der Waals surface area contributed by atoms with Gasteiger partial charge in [-0.1, -0.05) is 12.1 Å². The summed E-state index contributed by atoms with van der Waals surface area (Å²) in [4.78, 5) is 15.1. The molecular formula is C26H30N4O2. The van der Waals surface area contributed by atoms with Gasteiger partial charge in [0.05, 0.1) is 18.8 Å². The van der Waals surface area contributed by atoms with Crippen molar-refractivity contribution in [1.29, 1.82) is 0 Å². The maximum Gasteiger partial charge on any atom is 0.168 e. The van der Waals surface area contributed by atoms with Gasteiger partial charge in [-0.05, 0) is 62.2 Å². The van der Waals surface area contributed by atoms with E-state index in [1.54, 1.807) is 0 Å². The van der Waals surface area contributed by atoms with Crippen LogP contribution in [0.25, 0.3) is 16.6 Å². The minimum Gasteiger partial charge on any atom is -0.378 e. The Hall–Kier alpha value is -2.96. The minimum atomic E-state index is -0.331. The van der Waals surface area contributed by atoms with Gasteiger partial charge >= 0.3 is 0 Å². The lowest BCUT2D eigenvalue weighted by Crippen LogP contribution is -2.36. The highest BCUT2D eigenvalue weighted by Crippen LogP contribution is 2.33. The largest absolute Gasteiger partial charge is 0.378 e. The summed E-state index contributed by atoms with van der Waals surface area (Å²) in [6.45, 7) is 9.58. The Labute approximate surface area is 189 Å². The van der Waals surface area contributed by atoms with Gasteiger partial charge in [-0.2, -0.15) is 0 Å². The first-order valence-electron chi connectivity index (χ1n) is 11.3. The molecule has 32 heavy (non-hydrogen) atoms. The molecular weight excluding hydrogens is 400 g/mol. The number of H-pyrrole nitrogens is 1. The Bertz CT molecular complexity index is 1170. The fourth-order valence-corrected chi connectivity index (χ4v) is 4.36. The molecule has 0 amide bonds. The van der Waals surface area contributed by atoms with Crippen molar-refractivity contribution in [3.63, 3.8) is 0 Å². The van der Waals surface area contributed by atoms with Crippen molar-refractivity contribution < 1.29 is 9.47 Å². The molecule has 2 aliphatic heterocycles. The van der Waals surface area contributed by atoms with Crippen LogP contribution in [0.3, 0.4) is 0 Å². The fourth-order valence-electron chi connectivity index (χ4n) is 4.36. The van der Waals surface area contributed by atoms with Crippen molar-refractivity contribution in [2.24, 2.45) is 4.99 Å². The quantitative estimate of drug-likeness (QED) is 0.645. The van der Waals surface area contributed by atoms with Crippen LogP contribution in [0.15, 0.2) is 59.9 Å². The van der Waals surface area contributed by atoms with Crippen molar-refractivity contribution in [2.75, 3.05) is 31.2 Å². The first-order chi connectivity index (χ1) is 15.5. The predicted octanol–water partition coefficient (Wildman–Crippen LogP) is 4.82. The van der Waals surface area contributed by atoms with Gasteiger partial charge in [-0.15, -0.1) is 0 Å². The van der Waals surface area contributed by atoms with Gasteiger partial charge in [-0.25, -0.2) is 4.98 Å². The number of hydrogen-bond acceptors (Lipinski definition) is 5. The van der Waals surface area contributed by atoms with Crippen LogP contribution in [0.5, 0.6) is 0 Å². The molecule has 5 rings (SSSR count). The Balaban J connectivity index is 1.51. The number of rotatable bonds is 4. The van der Waals surface area contributed by atoms with Crippen LogP contribution in [-0.2, 0) is 9.47 Å². The summed E-state index contributed by atoms with van der Waals surface area (Å²) >= 11 is 0. The molecule has 0 spiro atoms. The number of nitrogens with zero attached hydrogens (tertiary/aromatic N) is 3. The number of benzene rings is 1. The first-order valence-corrected chi connectivity index (χ1v) is 11.3. The lowest BCUT2D eigenvalue weighted by Gasteiger charge is -2.30. The Morgan fingerprint density at radius 2 is 1.97 bits per heavy atom. The van der Waals surface area contributed by atoms with Crippen molar-refractivity contribution >= 4 is 28.0 Å². The summed E-state index contributed by atoms with van der Waals surface area (Å²) in [5.41, 5.74) is 6.37. The summed E-state index contributed by atoms with van der Waals surface area (Å²) < 4.78 is 11.8. The second kappa shape index (κ2) is 8.52. The third kappa shape index (κ3) is 4.47. The van der Waals surface area contributed by atoms with Crippen molar-refractivity contribution in [1.82, 2.24) is 9.97 Å². The van der Waals surface area contributed by atoms with Crippen LogP contribution >= 0.6 is 0 Å². The summed E-state index contributed by atoms with van der Waals surface area (Å²) in [6, 6.07) is 12.8. The molecule has 1 aromatic carbocycles. The molecule has 4 heterocycles. The number of morpholine rings is 1. The normalized spacial score (nSPS) is 19.7. The number of pyridine rings is 1. The number of fused-ring (bicyclic) bond motifs is 1. The predicted molar refractivity (Wildman–Crippen MR) is 129 cm³/mol. The Morgan fingerprint density at radius 1 is 1.12 bits per heavy atom. The Morgan fingerprint density at radius 3 is 2.78 bits per heavy atom. The molecule has 1 unspecified atom stereocenters. The number of anilines is 1. The van der Waals surface area contributed by atoms with Crippen LogP contribution < -0.4 is 4.90 Å². The summed E-state index contributed by atoms with van der Waals surface area (Å²) in [6.07, 6.45) is 6.43. The number of aliphatic imine (C=N–C) groups is 1. The molecule has 1 N–H and O–H groups in total. The van der Waals surface area contributed by atoms with E-state index >= 15 is 0 Å². The number of nitrogens with one attached hydrogen (secondary N) is 1. The van der Waals surface area contributed by atoms with Crippen LogP contribution in [-0.4, -0.2) is 53.8 Å². The zero-order valence-electron chi connectivity index (χ0n) is 19.0. The third-order valence-electron chi connectivity index (χ3n) is 5.81. The minimum absolute atomic E-state index is 0.296. The molecule has 0 radical (unpaired) electrons. The van der Waals surface area contributed by atoms with E-state index in [9.17, 15) is 0 Å². The van der Waals surface area contributed by atoms with Crippen molar-refractivity contribution in [3.8, 4) is 0 Å². The molecule has 1 fully saturated rings. The number of hydrogen-bond donors (Lipinski definition) is 1. The van der Waals surface area contributed by atoms with E-state index in [4.69, 9.17) is 14.5 Å². The smallest absolute Gasteiger partial charge is 0.168 e. The third-order valence-corrected chi connectivity index (χ3v) is 5.81. The van der Waals surface area contributed by atoms with E-state index in [-0.39, 0.29) is 11.8 Å². The van der Waals surface area contributed by atoms with Gasteiger partial charge < -0.3 is 19.4 Å². The number of aromatic nitrogens is 2. The summed E-state index contributed by atoms with van der Waals surface area (Å²) in [5, 5.41) is 1.12. The van der Waals surface area contributed by atoms with E-state index in [0.717, 1.165) is 60.6 Å². The summed E-state index contributed by atoms with van der Waals surface area (Å²) in [7, 11) is 0. The summed E-state index contributed by atoms with van der Waals surface area (Å²) in [5.74, 6) is 0. The lowest BCUT2D eigenvalue weighted by atomic mass is 9.93. The van der Waals surface area contributed by atoms with E-state index in [1.165, 1.54) is 11.3 Å². The maximum atomic E-state index is 6.30. The second-order valence-corrected chi connectivity index (χ2v) is 9.32. The van der Waals surface area contributed by atoms with E-state index < -0.39 is 0 Å². The fraction of sp³-hybridized carbons (Fsp3) is 0.385. The van der Waals surface area contributed by atoms with E-state index in [2.05, 4.69) is 72.0 Å². The zero-order chi connectivity index (χ0) is 22.1. The molecule has 166 valence electrons. The zero-order valence-corrected chi connectivity index (χ0v) is 19.0. The SMILES string of the molecule is CC(C)(C)OC1C=C(c2c[nH]c3ncccc23)CC(c2cccc(N3CCOCC3)c2)=N1. The highest BCUT2D eigenvalue weighted by atomic mass is 16.5. The van der Waals surface area contributed by atoms with Crippen LogP contribution in [0.1, 0.15) is 38.3 Å². The highest BCUT2D eigenvalue weighted by Gasteiger charge is 2.24. The number of dihydropyridines is 1. The van der Waals surface area contributed by atoms with E-state index in [1.807, 2.05) is 18.5 Å². The standard InChI is InChI=1S/C26H30N4O2/c1-26(2,3)32-24-16-19(22-17-28-25-21(22)8-5-9-27-25)15-23(29-24)18-6-4-7-20(14-18)30-10-12-31-13-11-30/h4-9,14,16-17,24H,10-13,15H2,1-3H3,(H,27,28). The number of ether oxygens (including phenoxy) is 2. The van der Waals surface area contributed by atoms with Gasteiger partial charge in [0.2, 0.25) is 0 Å². The average Bonchev–Trinajstić information content (AvgIpc) is 3.23. The Kier molecular flexibility index (Phi) is 5.57. The topological polar surface area (TPSA) is 62.7 Å². The molecule has 0 saturated carbocycles. The van der Waals surface area contributed by atoms with Gasteiger partial charge in [-0.3, -0.25) is 4.99 Å². The number of aromatic amines is 1. The molecule has 3 aromatic rings. The lowest BCUT2D eigenvalue weighted by molar-refractivity contribution is -0.0340. The monoisotopic (exact) mass is 430 g/mol. The van der Waals surface area contributed by atoms with Crippen LogP contribution in [0.4, 0.5) is 5.69 Å². The first kappa shape index (κ1) is 20.9. The van der Waals surface area contributed by atoms with Gasteiger partial charge in [0.1, 0.15) is 5.65 Å². The molecule has 0 bridgehead atoms. The maximum absolute atomic E-state index is 6.30. The molecule has 2 aliphatic rings. The van der Waals surface area contributed by atoms with Crippen LogP contribution in [0, 0.1) is 0 Å². The van der Waals surface area contributed by atoms with Gasteiger partial charge in [0, 0.05) is 54.3 Å². The molecule has 0 aliphatic carbocycles.